The molecule has 3 heterocycles. The number of carbonyl (C=O) groups is 1. The zero-order valence-electron chi connectivity index (χ0n) is 20.1. The molecular formula is C25H31F3N6OS. The third-order valence-electron chi connectivity index (χ3n) is 8.13. The van der Waals surface area contributed by atoms with E-state index in [9.17, 15) is 18.0 Å². The fraction of sp³-hybridized carbons (Fsp3) is 0.640. The van der Waals surface area contributed by atoms with Gasteiger partial charge >= 0.3 is 12.2 Å². The average molecular weight is 521 g/mol. The maximum absolute atomic E-state index is 13.0. The van der Waals surface area contributed by atoms with E-state index in [-0.39, 0.29) is 11.4 Å². The molecule has 11 heteroatoms. The van der Waals surface area contributed by atoms with Crippen LogP contribution in [0.3, 0.4) is 0 Å². The Balaban J connectivity index is 0.884. The van der Waals surface area contributed by atoms with Crippen molar-refractivity contribution in [1.29, 1.82) is 0 Å². The van der Waals surface area contributed by atoms with Gasteiger partial charge in [0, 0.05) is 49.0 Å². The summed E-state index contributed by atoms with van der Waals surface area (Å²) in [5.41, 5.74) is -0.365. The summed E-state index contributed by atoms with van der Waals surface area (Å²) in [6, 6.07) is 5.78. The molecule has 36 heavy (non-hydrogen) atoms. The molecule has 0 radical (unpaired) electrons. The number of rotatable bonds is 6. The average Bonchev–Trinajstić information content (AvgIpc) is 3.55. The molecule has 1 aromatic heterocycles. The number of urea groups is 1. The number of benzene rings is 1. The molecule has 6 rings (SSSR count). The number of carbonyl (C=O) groups excluding carboxylic acids is 1. The largest absolute Gasteiger partial charge is 0.416 e. The highest BCUT2D eigenvalue weighted by Crippen LogP contribution is 2.54. The summed E-state index contributed by atoms with van der Waals surface area (Å²) in [4.78, 5) is 22.2. The van der Waals surface area contributed by atoms with E-state index in [2.05, 4.69) is 14.8 Å². The summed E-state index contributed by atoms with van der Waals surface area (Å²) in [5, 5.41) is 4.67. The monoisotopic (exact) mass is 520 g/mol. The zero-order chi connectivity index (χ0) is 24.9. The minimum Gasteiger partial charge on any atom is -0.325 e. The van der Waals surface area contributed by atoms with Gasteiger partial charge in [0.1, 0.15) is 6.33 Å². The maximum atomic E-state index is 13.0. The SMILES string of the molecule is O=C(N1CCC(CNSc2ccc(C(F)(F)F)cc2)CC1)N1CC2(CC(n3cnc(C4CC4)n3)C2)C1. The number of likely N-dealkylation sites (tertiary alicyclic amines) is 2. The van der Waals surface area contributed by atoms with Crippen molar-refractivity contribution in [2.24, 2.45) is 11.3 Å². The summed E-state index contributed by atoms with van der Waals surface area (Å²) in [5.74, 6) is 2.03. The molecule has 4 fully saturated rings. The number of hydrogen-bond acceptors (Lipinski definition) is 5. The molecule has 2 saturated heterocycles. The van der Waals surface area contributed by atoms with Crippen LogP contribution in [0.5, 0.6) is 0 Å². The van der Waals surface area contributed by atoms with E-state index in [0.29, 0.717) is 17.9 Å². The number of hydrogen-bond donors (Lipinski definition) is 1. The minimum absolute atomic E-state index is 0.159. The second-order valence-electron chi connectivity index (χ2n) is 11.0. The Morgan fingerprint density at radius 1 is 1.06 bits per heavy atom. The van der Waals surface area contributed by atoms with Gasteiger partial charge in [-0.05, 0) is 80.7 Å². The molecule has 2 aliphatic heterocycles. The first-order chi connectivity index (χ1) is 17.3. The van der Waals surface area contributed by atoms with Crippen LogP contribution in [0.2, 0.25) is 0 Å². The second-order valence-corrected chi connectivity index (χ2v) is 11.9. The summed E-state index contributed by atoms with van der Waals surface area (Å²) in [6.45, 7) is 3.97. The molecule has 0 atom stereocenters. The lowest BCUT2D eigenvalue weighted by atomic mass is 9.61. The quantitative estimate of drug-likeness (QED) is 0.547. The number of amides is 2. The van der Waals surface area contributed by atoms with Gasteiger partial charge in [0.2, 0.25) is 0 Å². The van der Waals surface area contributed by atoms with Crippen molar-refractivity contribution in [3.05, 3.63) is 42.0 Å². The fourth-order valence-electron chi connectivity index (χ4n) is 5.76. The van der Waals surface area contributed by atoms with Crippen LogP contribution < -0.4 is 4.72 Å². The first-order valence-corrected chi connectivity index (χ1v) is 13.6. The fourth-order valence-corrected chi connectivity index (χ4v) is 6.52. The smallest absolute Gasteiger partial charge is 0.325 e. The van der Waals surface area contributed by atoms with E-state index in [1.54, 1.807) is 0 Å². The van der Waals surface area contributed by atoms with Crippen LogP contribution >= 0.6 is 11.9 Å². The molecule has 0 bridgehead atoms. The van der Waals surface area contributed by atoms with Crippen molar-refractivity contribution in [2.75, 3.05) is 32.7 Å². The van der Waals surface area contributed by atoms with Crippen molar-refractivity contribution in [3.63, 3.8) is 0 Å². The number of alkyl halides is 3. The van der Waals surface area contributed by atoms with E-state index < -0.39 is 11.7 Å². The van der Waals surface area contributed by atoms with Crippen LogP contribution in [0.1, 0.15) is 61.9 Å². The Morgan fingerprint density at radius 3 is 2.39 bits per heavy atom. The molecule has 1 spiro atoms. The van der Waals surface area contributed by atoms with Gasteiger partial charge in [-0.25, -0.2) is 14.5 Å². The van der Waals surface area contributed by atoms with Crippen LogP contribution in [0.15, 0.2) is 35.5 Å². The van der Waals surface area contributed by atoms with Gasteiger partial charge in [-0.1, -0.05) is 0 Å². The van der Waals surface area contributed by atoms with Crippen LogP contribution in [-0.2, 0) is 6.18 Å². The van der Waals surface area contributed by atoms with Gasteiger partial charge in [0.25, 0.3) is 0 Å². The maximum Gasteiger partial charge on any atom is 0.416 e. The number of halogens is 3. The van der Waals surface area contributed by atoms with Crippen LogP contribution in [0.4, 0.5) is 18.0 Å². The molecule has 1 aromatic carbocycles. The van der Waals surface area contributed by atoms with Gasteiger partial charge in [-0.2, -0.15) is 18.3 Å². The van der Waals surface area contributed by atoms with E-state index in [0.717, 1.165) is 81.3 Å². The zero-order valence-corrected chi connectivity index (χ0v) is 20.9. The van der Waals surface area contributed by atoms with E-state index >= 15 is 0 Å². The molecule has 2 aliphatic carbocycles. The Hall–Kier alpha value is -2.27. The van der Waals surface area contributed by atoms with Crippen molar-refractivity contribution in [3.8, 4) is 0 Å². The van der Waals surface area contributed by atoms with E-state index in [4.69, 9.17) is 0 Å². The van der Waals surface area contributed by atoms with Gasteiger partial charge in [0.15, 0.2) is 5.82 Å². The molecule has 1 N–H and O–H groups in total. The molecule has 0 unspecified atom stereocenters. The minimum atomic E-state index is -4.31. The molecule has 2 amide bonds. The highest BCUT2D eigenvalue weighted by molar-refractivity contribution is 7.97. The number of nitrogens with one attached hydrogen (secondary N) is 1. The van der Waals surface area contributed by atoms with Gasteiger partial charge in [-0.3, -0.25) is 4.72 Å². The molecule has 194 valence electrons. The molecular weight excluding hydrogens is 489 g/mol. The van der Waals surface area contributed by atoms with Crippen molar-refractivity contribution >= 4 is 18.0 Å². The summed E-state index contributed by atoms with van der Waals surface area (Å²) in [6.07, 6.45) is 4.02. The normalized spacial score (nSPS) is 22.5. The van der Waals surface area contributed by atoms with Crippen LogP contribution in [0, 0.1) is 11.3 Å². The highest BCUT2D eigenvalue weighted by Gasteiger charge is 2.55. The van der Waals surface area contributed by atoms with Crippen molar-refractivity contribution in [1.82, 2.24) is 29.3 Å². The van der Waals surface area contributed by atoms with Crippen LogP contribution in [-0.4, -0.2) is 63.3 Å². The van der Waals surface area contributed by atoms with Gasteiger partial charge < -0.3 is 9.80 Å². The lowest BCUT2D eigenvalue weighted by Crippen LogP contribution is -2.66. The predicted octanol–water partition coefficient (Wildman–Crippen LogP) is 4.94. The lowest BCUT2D eigenvalue weighted by molar-refractivity contribution is -0.137. The molecule has 4 aliphatic rings. The third kappa shape index (κ3) is 4.96. The Morgan fingerprint density at radius 2 is 1.75 bits per heavy atom. The van der Waals surface area contributed by atoms with Gasteiger partial charge in [0.05, 0.1) is 11.6 Å². The number of piperidine rings is 1. The summed E-state index contributed by atoms with van der Waals surface area (Å²) in [7, 11) is 0. The summed E-state index contributed by atoms with van der Waals surface area (Å²) < 4.78 is 43.4. The Kier molecular flexibility index (Phi) is 6.18. The van der Waals surface area contributed by atoms with Crippen molar-refractivity contribution < 1.29 is 18.0 Å². The third-order valence-corrected chi connectivity index (χ3v) is 8.95. The topological polar surface area (TPSA) is 66.3 Å². The highest BCUT2D eigenvalue weighted by atomic mass is 32.2. The second kappa shape index (κ2) is 9.24. The first kappa shape index (κ1) is 24.1. The lowest BCUT2D eigenvalue weighted by Gasteiger charge is -2.59. The standard InChI is InChI=1S/C25H31F3N6OS/c26-25(27,28)19-3-5-21(6-4-19)36-30-13-17-7-9-32(10-8-17)23(35)33-14-24(15-33)11-20(12-24)34-16-29-22(31-34)18-1-2-18/h3-6,16-18,20,30H,1-2,7-15H2. The number of aromatic nitrogens is 3. The predicted molar refractivity (Wildman–Crippen MR) is 129 cm³/mol. The molecule has 2 saturated carbocycles. The summed E-state index contributed by atoms with van der Waals surface area (Å²) >= 11 is 1.35. The van der Waals surface area contributed by atoms with Gasteiger partial charge in [-0.15, -0.1) is 0 Å². The van der Waals surface area contributed by atoms with E-state index in [1.807, 2.05) is 20.8 Å². The Bertz CT molecular complexity index is 1080. The Labute approximate surface area is 212 Å². The van der Waals surface area contributed by atoms with E-state index in [1.165, 1.54) is 36.9 Å². The van der Waals surface area contributed by atoms with Crippen molar-refractivity contribution in [2.45, 2.75) is 61.6 Å². The van der Waals surface area contributed by atoms with Crippen LogP contribution in [0.25, 0.3) is 0 Å². The first-order valence-electron chi connectivity index (χ1n) is 12.8. The molecule has 2 aromatic rings. The molecule has 7 nitrogen and oxygen atoms in total. The number of nitrogens with zero attached hydrogens (tertiary/aromatic N) is 5.